The van der Waals surface area contributed by atoms with E-state index < -0.39 is 11.7 Å². The fourth-order valence-electron chi connectivity index (χ4n) is 5.24. The van der Waals surface area contributed by atoms with Gasteiger partial charge in [-0.15, -0.1) is 0 Å². The van der Waals surface area contributed by atoms with Gasteiger partial charge in [0.05, 0.1) is 35.9 Å². The zero-order valence-electron chi connectivity index (χ0n) is 27.0. The molecular weight excluding hydrogens is 708 g/mol. The summed E-state index contributed by atoms with van der Waals surface area (Å²) in [4.78, 5) is 32.0. The minimum Gasteiger partial charge on any atom is -0.350 e. The number of aryl methyl sites for hydroxylation is 1. The molecule has 0 bridgehead atoms. The van der Waals surface area contributed by atoms with Crippen molar-refractivity contribution in [3.63, 3.8) is 0 Å². The highest BCUT2D eigenvalue weighted by Gasteiger charge is 2.20. The molecule has 11 heteroatoms. The lowest BCUT2D eigenvalue weighted by Crippen LogP contribution is -2.28. The summed E-state index contributed by atoms with van der Waals surface area (Å²) in [7, 11) is 0. The summed E-state index contributed by atoms with van der Waals surface area (Å²) in [6.07, 6.45) is 7.87. The van der Waals surface area contributed by atoms with Crippen LogP contribution in [0.1, 0.15) is 72.4 Å². The Morgan fingerprint density at radius 3 is 2.62 bits per heavy atom. The number of aromatic amines is 1. The predicted molar refractivity (Wildman–Crippen MR) is 192 cm³/mol. The summed E-state index contributed by atoms with van der Waals surface area (Å²) in [5, 5.41) is 12.9. The standard InChI is InChI=1S/C36H37FIN7O2/c1-6-11-44(22-33(38)46)21-24-14-26(36(3,4)5)17-27(15-24)43-35(47)30-16-25(23(2)13-31(30)37)9-10-29-20-39-34-32(8-7-12-45(29)34)42-28-18-40-41-19-28/h7-8,12-20,42H,6,11,21-22H2,1-5H3,(H,40,41)(H,43,47). The zero-order chi connectivity index (χ0) is 33.7. The summed E-state index contributed by atoms with van der Waals surface area (Å²) < 4.78 is 17.2. The maximum atomic E-state index is 15.3. The van der Waals surface area contributed by atoms with Crippen LogP contribution in [0.2, 0.25) is 0 Å². The number of benzene rings is 2. The number of rotatable bonds is 10. The number of nitrogens with zero attached hydrogens (tertiary/aromatic N) is 4. The number of hydrogen-bond donors (Lipinski definition) is 3. The van der Waals surface area contributed by atoms with E-state index in [2.05, 4.69) is 76.3 Å². The second kappa shape index (κ2) is 14.5. The van der Waals surface area contributed by atoms with Crippen molar-refractivity contribution in [2.24, 2.45) is 0 Å². The van der Waals surface area contributed by atoms with Crippen LogP contribution in [0.3, 0.4) is 0 Å². The van der Waals surface area contributed by atoms with Gasteiger partial charge in [0.1, 0.15) is 11.5 Å². The van der Waals surface area contributed by atoms with Crippen molar-refractivity contribution in [3.8, 4) is 11.8 Å². The molecule has 0 aliphatic carbocycles. The van der Waals surface area contributed by atoms with Gasteiger partial charge >= 0.3 is 0 Å². The summed E-state index contributed by atoms with van der Waals surface area (Å²) in [6.45, 7) is 11.8. The Kier molecular flexibility index (Phi) is 10.4. The van der Waals surface area contributed by atoms with Gasteiger partial charge in [-0.2, -0.15) is 5.10 Å². The molecule has 3 aromatic heterocycles. The number of nitrogens with one attached hydrogen (secondary N) is 3. The smallest absolute Gasteiger partial charge is 0.258 e. The zero-order valence-corrected chi connectivity index (χ0v) is 29.2. The highest BCUT2D eigenvalue weighted by Crippen LogP contribution is 2.28. The van der Waals surface area contributed by atoms with Gasteiger partial charge in [0, 0.05) is 52.8 Å². The van der Waals surface area contributed by atoms with E-state index >= 15 is 4.39 Å². The summed E-state index contributed by atoms with van der Waals surface area (Å²) in [6, 6.07) is 12.5. The monoisotopic (exact) mass is 745 g/mol. The van der Waals surface area contributed by atoms with Crippen LogP contribution in [-0.2, 0) is 16.8 Å². The number of hydrogen-bond acceptors (Lipinski definition) is 6. The highest BCUT2D eigenvalue weighted by molar-refractivity contribution is 14.1. The molecule has 9 nitrogen and oxygen atoms in total. The third-order valence-corrected chi connectivity index (χ3v) is 7.95. The molecule has 2 aromatic carbocycles. The number of fused-ring (bicyclic) bond motifs is 1. The second-order valence-electron chi connectivity index (χ2n) is 12.5. The third-order valence-electron chi connectivity index (χ3n) is 7.61. The van der Waals surface area contributed by atoms with Gasteiger partial charge in [-0.1, -0.05) is 39.7 Å². The Hall–Kier alpha value is -4.54. The molecule has 47 heavy (non-hydrogen) atoms. The fourth-order valence-corrected chi connectivity index (χ4v) is 5.72. The number of imidazole rings is 1. The normalized spacial score (nSPS) is 11.4. The number of H-pyrrole nitrogens is 1. The van der Waals surface area contributed by atoms with E-state index in [1.54, 1.807) is 25.5 Å². The van der Waals surface area contributed by atoms with E-state index in [9.17, 15) is 9.59 Å². The molecule has 3 heterocycles. The van der Waals surface area contributed by atoms with Crippen molar-refractivity contribution in [2.75, 3.05) is 23.7 Å². The van der Waals surface area contributed by atoms with Crippen LogP contribution in [0.4, 0.5) is 21.5 Å². The molecular formula is C36H37FIN7O2. The molecule has 242 valence electrons. The lowest BCUT2D eigenvalue weighted by molar-refractivity contribution is -0.110. The third kappa shape index (κ3) is 8.44. The van der Waals surface area contributed by atoms with E-state index in [1.807, 2.05) is 57.5 Å². The summed E-state index contributed by atoms with van der Waals surface area (Å²) in [5.41, 5.74) is 6.30. The molecule has 5 aromatic rings. The van der Waals surface area contributed by atoms with Gasteiger partial charge in [-0.3, -0.25) is 24.0 Å². The largest absolute Gasteiger partial charge is 0.350 e. The van der Waals surface area contributed by atoms with Gasteiger partial charge in [0.15, 0.2) is 5.65 Å². The number of anilines is 3. The predicted octanol–water partition coefficient (Wildman–Crippen LogP) is 7.37. The molecule has 0 atom stereocenters. The van der Waals surface area contributed by atoms with Crippen molar-refractivity contribution >= 4 is 55.0 Å². The molecule has 0 spiro atoms. The molecule has 1 amide bonds. The van der Waals surface area contributed by atoms with Crippen LogP contribution in [0, 0.1) is 24.6 Å². The molecule has 3 N–H and O–H groups in total. The maximum Gasteiger partial charge on any atom is 0.258 e. The van der Waals surface area contributed by atoms with Gasteiger partial charge in [0.2, 0.25) is 3.79 Å². The van der Waals surface area contributed by atoms with Crippen molar-refractivity contribution in [2.45, 2.75) is 53.0 Å². The molecule has 0 unspecified atom stereocenters. The first-order valence-corrected chi connectivity index (χ1v) is 16.4. The fraction of sp³-hybridized carbons (Fsp3) is 0.278. The van der Waals surface area contributed by atoms with E-state index in [-0.39, 0.29) is 14.8 Å². The Labute approximate surface area is 287 Å². The minimum atomic E-state index is -0.628. The van der Waals surface area contributed by atoms with Crippen LogP contribution in [0.5, 0.6) is 0 Å². The second-order valence-corrected chi connectivity index (χ2v) is 13.7. The van der Waals surface area contributed by atoms with Crippen LogP contribution >= 0.6 is 22.6 Å². The first kappa shape index (κ1) is 33.8. The SMILES string of the molecule is CCCN(CC(=O)I)Cc1cc(NC(=O)c2cc(C#Cc3cnc4c(Nc5cn[nH]c5)cccn34)c(C)cc2F)cc(C(C)(C)C)c1. The van der Waals surface area contributed by atoms with Gasteiger partial charge < -0.3 is 10.6 Å². The molecule has 0 aliphatic rings. The number of amides is 1. The quantitative estimate of drug-likeness (QED) is 0.0784. The number of pyridine rings is 1. The van der Waals surface area contributed by atoms with Gasteiger partial charge in [-0.05, 0) is 84.3 Å². The Balaban J connectivity index is 1.42. The van der Waals surface area contributed by atoms with Crippen LogP contribution in [0.15, 0.2) is 67.3 Å². The minimum absolute atomic E-state index is 0.0684. The van der Waals surface area contributed by atoms with Crippen molar-refractivity contribution in [1.82, 2.24) is 24.5 Å². The van der Waals surface area contributed by atoms with Crippen LogP contribution in [-0.4, -0.2) is 47.3 Å². The van der Waals surface area contributed by atoms with E-state index in [0.29, 0.717) is 41.2 Å². The average Bonchev–Trinajstić information content (AvgIpc) is 3.66. The molecule has 0 fully saturated rings. The number of aromatic nitrogens is 4. The van der Waals surface area contributed by atoms with E-state index in [1.165, 1.54) is 12.1 Å². The van der Waals surface area contributed by atoms with E-state index in [0.717, 1.165) is 35.5 Å². The molecule has 0 saturated carbocycles. The van der Waals surface area contributed by atoms with Crippen molar-refractivity contribution in [1.29, 1.82) is 0 Å². The maximum absolute atomic E-state index is 15.3. The number of carbonyl (C=O) groups excluding carboxylic acids is 2. The van der Waals surface area contributed by atoms with Crippen molar-refractivity contribution in [3.05, 3.63) is 107 Å². The first-order valence-electron chi connectivity index (χ1n) is 15.3. The van der Waals surface area contributed by atoms with Crippen molar-refractivity contribution < 1.29 is 14.0 Å². The lowest BCUT2D eigenvalue weighted by Gasteiger charge is -2.24. The molecule has 0 aliphatic heterocycles. The highest BCUT2D eigenvalue weighted by atomic mass is 127. The molecule has 5 rings (SSSR count). The summed E-state index contributed by atoms with van der Waals surface area (Å²) in [5.74, 6) is 5.06. The lowest BCUT2D eigenvalue weighted by atomic mass is 9.85. The first-order chi connectivity index (χ1) is 22.4. The average molecular weight is 746 g/mol. The van der Waals surface area contributed by atoms with Gasteiger partial charge in [-0.25, -0.2) is 9.37 Å². The Morgan fingerprint density at radius 1 is 1.11 bits per heavy atom. The number of halogens is 2. The topological polar surface area (TPSA) is 107 Å². The van der Waals surface area contributed by atoms with E-state index in [4.69, 9.17) is 0 Å². The van der Waals surface area contributed by atoms with Gasteiger partial charge in [0.25, 0.3) is 5.91 Å². The molecule has 0 radical (unpaired) electrons. The number of carbonyl (C=O) groups is 2. The summed E-state index contributed by atoms with van der Waals surface area (Å²) >= 11 is 1.82. The Bertz CT molecular complexity index is 1980. The Morgan fingerprint density at radius 2 is 1.91 bits per heavy atom. The van der Waals surface area contributed by atoms with Crippen LogP contribution < -0.4 is 10.6 Å². The molecule has 0 saturated heterocycles. The van der Waals surface area contributed by atoms with Crippen LogP contribution in [0.25, 0.3) is 5.65 Å².